The molecular weight excluding hydrogens is 825 g/mol. The summed E-state index contributed by atoms with van der Waals surface area (Å²) in [6.07, 6.45) is 0. The lowest BCUT2D eigenvalue weighted by molar-refractivity contribution is 0.100. The quantitative estimate of drug-likeness (QED) is 0.136. The number of benzene rings is 9. The number of anilines is 3. The maximum Gasteiger partial charge on any atom is 0.159 e. The van der Waals surface area contributed by atoms with E-state index in [0.717, 1.165) is 99.5 Å². The zero-order chi connectivity index (χ0) is 45.5. The fraction of sp³-hybridized carbons (Fsp3) is 0.0500. The van der Waals surface area contributed by atoms with Gasteiger partial charge in [-0.2, -0.15) is 0 Å². The maximum atomic E-state index is 12.2. The number of nitrogens with zero attached hydrogens (tertiary/aromatic N) is 4. The van der Waals surface area contributed by atoms with E-state index in [1.54, 1.807) is 20.8 Å². The molecule has 0 aliphatic heterocycles. The molecule has 12 aromatic rings. The van der Waals surface area contributed by atoms with Crippen LogP contribution in [0.5, 0.6) is 0 Å². The van der Waals surface area contributed by atoms with Crippen molar-refractivity contribution in [1.29, 1.82) is 0 Å². The lowest BCUT2D eigenvalue weighted by Gasteiger charge is -2.26. The molecule has 12 rings (SSSR count). The van der Waals surface area contributed by atoms with Gasteiger partial charge in [0.1, 0.15) is 0 Å². The summed E-state index contributed by atoms with van der Waals surface area (Å²) >= 11 is 0. The summed E-state index contributed by atoms with van der Waals surface area (Å²) in [5, 5.41) is 6.68. The molecule has 0 fully saturated rings. The molecule has 3 aromatic heterocycles. The number of hydrogen-bond donors (Lipinski definition) is 0. The Labute approximate surface area is 385 Å². The average Bonchev–Trinajstić information content (AvgIpc) is 3.99. The number of Topliss-reactive ketones (excluding diaryl/α,β-unsaturated/α-hetero) is 3. The summed E-state index contributed by atoms with van der Waals surface area (Å²) in [6, 6.07) is 69.1. The molecule has 0 saturated heterocycles. The van der Waals surface area contributed by atoms with E-state index in [4.69, 9.17) is 0 Å². The number of aromatic nitrogens is 3. The Bertz CT molecular complexity index is 3580. The van der Waals surface area contributed by atoms with Gasteiger partial charge in [-0.3, -0.25) is 14.4 Å². The van der Waals surface area contributed by atoms with E-state index in [1.165, 1.54) is 0 Å². The van der Waals surface area contributed by atoms with E-state index in [2.05, 4.69) is 146 Å². The minimum absolute atomic E-state index is 0.0376. The van der Waals surface area contributed by atoms with Gasteiger partial charge in [-0.15, -0.1) is 0 Å². The third kappa shape index (κ3) is 6.38. The number of hydrogen-bond acceptors (Lipinski definition) is 4. The predicted octanol–water partition coefficient (Wildman–Crippen LogP) is 15.1. The molecule has 0 aliphatic carbocycles. The van der Waals surface area contributed by atoms with Crippen LogP contribution < -0.4 is 4.90 Å². The highest BCUT2D eigenvalue weighted by Crippen LogP contribution is 2.44. The fourth-order valence-corrected chi connectivity index (χ4v) is 10.1. The Morgan fingerprint density at radius 3 is 0.821 bits per heavy atom. The van der Waals surface area contributed by atoms with Crippen molar-refractivity contribution >= 4 is 99.8 Å². The number of rotatable bonds is 9. The molecule has 0 aliphatic rings. The first-order chi connectivity index (χ1) is 32.7. The molecule has 7 heteroatoms. The van der Waals surface area contributed by atoms with Crippen LogP contribution in [0.4, 0.5) is 17.1 Å². The third-order valence-corrected chi connectivity index (χ3v) is 13.3. The van der Waals surface area contributed by atoms with Crippen LogP contribution in [0.25, 0.3) is 82.5 Å². The van der Waals surface area contributed by atoms with Crippen molar-refractivity contribution in [2.24, 2.45) is 0 Å². The predicted molar refractivity (Wildman–Crippen MR) is 274 cm³/mol. The van der Waals surface area contributed by atoms with Gasteiger partial charge in [0.15, 0.2) is 17.3 Å². The van der Waals surface area contributed by atoms with Gasteiger partial charge < -0.3 is 18.6 Å². The first-order valence-electron chi connectivity index (χ1n) is 22.5. The zero-order valence-electron chi connectivity index (χ0n) is 37.1. The Hall–Kier alpha value is -8.81. The van der Waals surface area contributed by atoms with Gasteiger partial charge >= 0.3 is 0 Å². The number of ketones is 3. The molecule has 0 saturated carbocycles. The molecule has 0 bridgehead atoms. The van der Waals surface area contributed by atoms with Crippen LogP contribution in [0, 0.1) is 0 Å². The number of para-hydroxylation sites is 3. The first-order valence-corrected chi connectivity index (χ1v) is 22.5. The van der Waals surface area contributed by atoms with Crippen molar-refractivity contribution < 1.29 is 14.4 Å². The van der Waals surface area contributed by atoms with Crippen molar-refractivity contribution in [2.45, 2.75) is 20.8 Å². The highest BCUT2D eigenvalue weighted by Gasteiger charge is 2.22. The second-order valence-corrected chi connectivity index (χ2v) is 17.3. The van der Waals surface area contributed by atoms with Crippen LogP contribution in [0.3, 0.4) is 0 Å². The van der Waals surface area contributed by atoms with Crippen molar-refractivity contribution in [3.8, 4) is 17.1 Å². The zero-order valence-corrected chi connectivity index (χ0v) is 37.1. The van der Waals surface area contributed by atoms with E-state index in [1.807, 2.05) is 72.8 Å². The van der Waals surface area contributed by atoms with Crippen molar-refractivity contribution in [1.82, 2.24) is 13.7 Å². The molecule has 3 heterocycles. The summed E-state index contributed by atoms with van der Waals surface area (Å²) in [6.45, 7) is 4.79. The molecule has 0 unspecified atom stereocenters. The Balaban J connectivity index is 1.09. The second-order valence-electron chi connectivity index (χ2n) is 17.3. The van der Waals surface area contributed by atoms with Crippen molar-refractivity contribution in [3.63, 3.8) is 0 Å². The highest BCUT2D eigenvalue weighted by atomic mass is 16.1. The Morgan fingerprint density at radius 2 is 0.552 bits per heavy atom. The number of carbonyl (C=O) groups excluding carboxylic acids is 3. The van der Waals surface area contributed by atoms with Crippen LogP contribution in [0.1, 0.15) is 51.8 Å². The largest absolute Gasteiger partial charge is 0.310 e. The van der Waals surface area contributed by atoms with Gasteiger partial charge in [0, 0.05) is 83.1 Å². The van der Waals surface area contributed by atoms with Crippen LogP contribution in [0.15, 0.2) is 200 Å². The molecule has 9 aromatic carbocycles. The maximum absolute atomic E-state index is 12.2. The SMILES string of the molecule is CC(=O)c1ccc(-n2c3ccccc3c3cc(N(c4ccc5c(c4)c4ccccc4n5-c4ccc(C(C)=O)cc4)c4ccc5c(c4)c4ccccc4n5-c4ccc(C(C)=O)cc4)ccc32)cc1. The Morgan fingerprint density at radius 1 is 0.299 bits per heavy atom. The molecule has 0 radical (unpaired) electrons. The lowest BCUT2D eigenvalue weighted by Crippen LogP contribution is -2.10. The molecule has 7 nitrogen and oxygen atoms in total. The van der Waals surface area contributed by atoms with Gasteiger partial charge in [0.05, 0.1) is 33.1 Å². The molecule has 67 heavy (non-hydrogen) atoms. The van der Waals surface area contributed by atoms with Gasteiger partial charge in [-0.1, -0.05) is 54.6 Å². The smallest absolute Gasteiger partial charge is 0.159 e. The summed E-state index contributed by atoms with van der Waals surface area (Å²) in [7, 11) is 0. The Kier molecular flexibility index (Phi) is 9.15. The van der Waals surface area contributed by atoms with Crippen molar-refractivity contribution in [3.05, 3.63) is 217 Å². The molecular formula is C60H42N4O3. The molecule has 0 amide bonds. The summed E-state index contributed by atoms with van der Waals surface area (Å²) in [4.78, 5) is 39.1. The van der Waals surface area contributed by atoms with Gasteiger partial charge in [0.2, 0.25) is 0 Å². The summed E-state index contributed by atoms with van der Waals surface area (Å²) in [5.41, 5.74) is 14.4. The normalized spacial score (nSPS) is 11.7. The van der Waals surface area contributed by atoms with Crippen LogP contribution in [-0.4, -0.2) is 31.1 Å². The van der Waals surface area contributed by atoms with Gasteiger partial charge in [0.25, 0.3) is 0 Å². The number of fused-ring (bicyclic) bond motifs is 9. The van der Waals surface area contributed by atoms with Crippen LogP contribution >= 0.6 is 0 Å². The number of carbonyl (C=O) groups is 3. The molecule has 320 valence electrons. The minimum Gasteiger partial charge on any atom is -0.310 e. The van der Waals surface area contributed by atoms with Gasteiger partial charge in [-0.25, -0.2) is 0 Å². The molecule has 0 N–H and O–H groups in total. The molecule has 0 atom stereocenters. The summed E-state index contributed by atoms with van der Waals surface area (Å²) in [5.74, 6) is 0.113. The minimum atomic E-state index is 0.0376. The second kappa shape index (κ2) is 15.4. The van der Waals surface area contributed by atoms with Gasteiger partial charge in [-0.05, 0) is 166 Å². The van der Waals surface area contributed by atoms with Crippen LogP contribution in [-0.2, 0) is 0 Å². The van der Waals surface area contributed by atoms with E-state index in [-0.39, 0.29) is 17.3 Å². The summed E-state index contributed by atoms with van der Waals surface area (Å²) < 4.78 is 6.82. The van der Waals surface area contributed by atoms with E-state index >= 15 is 0 Å². The lowest BCUT2D eigenvalue weighted by atomic mass is 10.1. The topological polar surface area (TPSA) is 69.2 Å². The van der Waals surface area contributed by atoms with Crippen LogP contribution in [0.2, 0.25) is 0 Å². The average molecular weight is 867 g/mol. The standard InChI is InChI=1S/C60H42N4O3/c1-37(65)40-16-22-43(23-17-40)62-55-13-7-4-10-49(55)52-34-46(28-31-58(52)62)61(47-29-32-59-53(35-47)50-11-5-8-14-56(50)63(59)44-24-18-41(19-25-44)38(2)66)48-30-33-60-54(36-48)51-12-6-9-15-57(51)64(60)45-26-20-42(21-27-45)39(3)67/h4-36H,1-3H3. The third-order valence-electron chi connectivity index (χ3n) is 13.3. The first kappa shape index (κ1) is 39.8. The highest BCUT2D eigenvalue weighted by molar-refractivity contribution is 6.14. The van der Waals surface area contributed by atoms with E-state index in [0.29, 0.717) is 16.7 Å². The van der Waals surface area contributed by atoms with E-state index < -0.39 is 0 Å². The van der Waals surface area contributed by atoms with Crippen molar-refractivity contribution in [2.75, 3.05) is 4.90 Å². The fourth-order valence-electron chi connectivity index (χ4n) is 10.1. The van der Waals surface area contributed by atoms with E-state index in [9.17, 15) is 14.4 Å². The molecule has 0 spiro atoms. The monoisotopic (exact) mass is 866 g/mol.